The van der Waals surface area contributed by atoms with Crippen LogP contribution in [0.1, 0.15) is 0 Å². The molecule has 0 bridgehead atoms. The number of furan rings is 1. The Bertz CT molecular complexity index is 2400. The molecule has 6 aromatic carbocycles. The van der Waals surface area contributed by atoms with Crippen LogP contribution in [-0.2, 0) is 0 Å². The molecule has 3 heterocycles. The molecule has 0 saturated heterocycles. The molecule has 39 heavy (non-hydrogen) atoms. The quantitative estimate of drug-likeness (QED) is 0.224. The third kappa shape index (κ3) is 2.96. The van der Waals surface area contributed by atoms with Crippen molar-refractivity contribution in [3.8, 4) is 16.8 Å². The van der Waals surface area contributed by atoms with Gasteiger partial charge in [-0.15, -0.1) is 11.3 Å². The molecule has 2 nitrogen and oxygen atoms in total. The van der Waals surface area contributed by atoms with E-state index >= 15 is 0 Å². The second-order valence-electron chi connectivity index (χ2n) is 10.1. The summed E-state index contributed by atoms with van der Waals surface area (Å²) < 4.78 is 11.2. The van der Waals surface area contributed by atoms with Crippen molar-refractivity contribution in [1.82, 2.24) is 4.57 Å². The summed E-state index contributed by atoms with van der Waals surface area (Å²) in [5.41, 5.74) is 7.90. The van der Waals surface area contributed by atoms with Gasteiger partial charge in [-0.25, -0.2) is 0 Å². The minimum atomic E-state index is 0.922. The molecule has 182 valence electrons. The minimum absolute atomic E-state index is 0.922. The van der Waals surface area contributed by atoms with Crippen LogP contribution < -0.4 is 0 Å². The number of thiophene rings is 1. The molecule has 0 aliphatic heterocycles. The van der Waals surface area contributed by atoms with Gasteiger partial charge in [0.15, 0.2) is 0 Å². The summed E-state index contributed by atoms with van der Waals surface area (Å²) in [6.45, 7) is 0. The van der Waals surface area contributed by atoms with E-state index in [1.165, 1.54) is 58.8 Å². The first-order valence-electron chi connectivity index (χ1n) is 13.2. The van der Waals surface area contributed by atoms with Crippen LogP contribution in [0.25, 0.3) is 80.7 Å². The van der Waals surface area contributed by atoms with Crippen LogP contribution in [-0.4, -0.2) is 4.57 Å². The lowest BCUT2D eigenvalue weighted by molar-refractivity contribution is 0.669. The lowest BCUT2D eigenvalue weighted by Crippen LogP contribution is -1.94. The monoisotopic (exact) mass is 515 g/mol. The van der Waals surface area contributed by atoms with Crippen LogP contribution >= 0.6 is 11.3 Å². The molecule has 3 aromatic heterocycles. The maximum absolute atomic E-state index is 6.09. The highest BCUT2D eigenvalue weighted by molar-refractivity contribution is 7.26. The highest BCUT2D eigenvalue weighted by Crippen LogP contribution is 2.43. The van der Waals surface area contributed by atoms with Gasteiger partial charge in [0.05, 0.1) is 15.7 Å². The zero-order valence-corrected chi connectivity index (χ0v) is 21.7. The van der Waals surface area contributed by atoms with Gasteiger partial charge < -0.3 is 8.98 Å². The van der Waals surface area contributed by atoms with Crippen molar-refractivity contribution in [3.05, 3.63) is 127 Å². The average molecular weight is 516 g/mol. The van der Waals surface area contributed by atoms with Gasteiger partial charge in [-0.05, 0) is 53.6 Å². The number of para-hydroxylation sites is 2. The summed E-state index contributed by atoms with van der Waals surface area (Å²) >= 11 is 1.89. The minimum Gasteiger partial charge on any atom is -0.456 e. The van der Waals surface area contributed by atoms with Gasteiger partial charge in [0.1, 0.15) is 11.2 Å². The summed E-state index contributed by atoms with van der Waals surface area (Å²) in [5.74, 6) is 0. The zero-order valence-electron chi connectivity index (χ0n) is 20.9. The predicted molar refractivity (Wildman–Crippen MR) is 166 cm³/mol. The largest absolute Gasteiger partial charge is 0.456 e. The Kier molecular flexibility index (Phi) is 4.24. The number of benzene rings is 6. The number of rotatable bonds is 2. The number of nitrogens with zero attached hydrogens (tertiary/aromatic N) is 1. The van der Waals surface area contributed by atoms with E-state index in [1.807, 2.05) is 23.5 Å². The Balaban J connectivity index is 1.33. The summed E-state index contributed by atoms with van der Waals surface area (Å²) in [7, 11) is 0. The maximum Gasteiger partial charge on any atom is 0.135 e. The van der Waals surface area contributed by atoms with Crippen LogP contribution in [0.15, 0.2) is 132 Å². The van der Waals surface area contributed by atoms with Gasteiger partial charge >= 0.3 is 0 Å². The van der Waals surface area contributed by atoms with E-state index in [4.69, 9.17) is 4.42 Å². The van der Waals surface area contributed by atoms with Gasteiger partial charge in [-0.2, -0.15) is 0 Å². The van der Waals surface area contributed by atoms with Crippen LogP contribution in [0.4, 0.5) is 0 Å². The molecule has 9 aromatic rings. The van der Waals surface area contributed by atoms with E-state index in [0.29, 0.717) is 0 Å². The fourth-order valence-corrected chi connectivity index (χ4v) is 7.47. The molecule has 9 rings (SSSR count). The third-order valence-electron chi connectivity index (χ3n) is 7.99. The van der Waals surface area contributed by atoms with Crippen molar-refractivity contribution >= 4 is 75.3 Å². The molecule has 0 saturated carbocycles. The number of aromatic nitrogens is 1. The van der Waals surface area contributed by atoms with E-state index in [1.54, 1.807) is 0 Å². The Morgan fingerprint density at radius 3 is 2.18 bits per heavy atom. The fourth-order valence-electron chi connectivity index (χ4n) is 6.23. The molecule has 0 atom stereocenters. The van der Waals surface area contributed by atoms with E-state index in [0.717, 1.165) is 21.9 Å². The standard InChI is InChI=1S/C36H21NOS/c1-4-13-31-25(10-1)28-17-18-29-27-12-3-6-15-34(27)39-36(29)35(28)37(31)24-9-7-8-22(20-24)23-16-19-33-30(21-23)26-11-2-5-14-32(26)38-33/h1-21H. The molecule has 0 fully saturated rings. The molecular weight excluding hydrogens is 494 g/mol. The zero-order chi connectivity index (χ0) is 25.5. The topological polar surface area (TPSA) is 18.1 Å². The van der Waals surface area contributed by atoms with Gasteiger partial charge in [0, 0.05) is 42.7 Å². The first-order valence-corrected chi connectivity index (χ1v) is 14.0. The summed E-state index contributed by atoms with van der Waals surface area (Å²) in [4.78, 5) is 0. The van der Waals surface area contributed by atoms with Crippen molar-refractivity contribution in [2.75, 3.05) is 0 Å². The summed E-state index contributed by atoms with van der Waals surface area (Å²) in [6.07, 6.45) is 0. The number of fused-ring (bicyclic) bond motifs is 10. The molecule has 0 radical (unpaired) electrons. The first-order chi connectivity index (χ1) is 19.3. The van der Waals surface area contributed by atoms with Crippen molar-refractivity contribution in [1.29, 1.82) is 0 Å². The van der Waals surface area contributed by atoms with E-state index in [-0.39, 0.29) is 0 Å². The smallest absolute Gasteiger partial charge is 0.135 e. The first kappa shape index (κ1) is 21.1. The Labute approximate surface area is 227 Å². The van der Waals surface area contributed by atoms with Crippen LogP contribution in [0.3, 0.4) is 0 Å². The van der Waals surface area contributed by atoms with Crippen LogP contribution in [0.5, 0.6) is 0 Å². The normalized spacial score (nSPS) is 12.1. The number of hydrogen-bond donors (Lipinski definition) is 0. The van der Waals surface area contributed by atoms with Crippen LogP contribution in [0.2, 0.25) is 0 Å². The SMILES string of the molecule is c1cc(-c2ccc3oc4ccccc4c3c2)cc(-n2c3ccccc3c3ccc4c5ccccc5sc4c32)c1. The molecule has 0 N–H and O–H groups in total. The fraction of sp³-hybridized carbons (Fsp3) is 0. The average Bonchev–Trinajstić information content (AvgIpc) is 3.66. The van der Waals surface area contributed by atoms with Crippen molar-refractivity contribution in [2.45, 2.75) is 0 Å². The predicted octanol–water partition coefficient (Wildman–Crippen LogP) is 10.7. The van der Waals surface area contributed by atoms with Gasteiger partial charge in [-0.1, -0.05) is 84.9 Å². The molecule has 0 amide bonds. The van der Waals surface area contributed by atoms with E-state index < -0.39 is 0 Å². The molecule has 3 heteroatoms. The molecule has 0 aliphatic carbocycles. The summed E-state index contributed by atoms with van der Waals surface area (Å²) in [5, 5.41) is 7.52. The van der Waals surface area contributed by atoms with Crippen LogP contribution in [0, 0.1) is 0 Å². The molecular formula is C36H21NOS. The van der Waals surface area contributed by atoms with Gasteiger partial charge in [0.2, 0.25) is 0 Å². The highest BCUT2D eigenvalue weighted by atomic mass is 32.1. The Morgan fingerprint density at radius 1 is 0.487 bits per heavy atom. The maximum atomic E-state index is 6.09. The summed E-state index contributed by atoms with van der Waals surface area (Å²) in [6, 6.07) is 45.8. The highest BCUT2D eigenvalue weighted by Gasteiger charge is 2.18. The Hall–Kier alpha value is -4.86. The number of hydrogen-bond acceptors (Lipinski definition) is 2. The lowest BCUT2D eigenvalue weighted by Gasteiger charge is -2.11. The van der Waals surface area contributed by atoms with Gasteiger partial charge in [0.25, 0.3) is 0 Å². The molecule has 0 aliphatic rings. The van der Waals surface area contributed by atoms with Crippen molar-refractivity contribution in [3.63, 3.8) is 0 Å². The van der Waals surface area contributed by atoms with Crippen molar-refractivity contribution in [2.24, 2.45) is 0 Å². The van der Waals surface area contributed by atoms with Crippen molar-refractivity contribution < 1.29 is 4.42 Å². The van der Waals surface area contributed by atoms with E-state index in [9.17, 15) is 0 Å². The van der Waals surface area contributed by atoms with Gasteiger partial charge in [-0.3, -0.25) is 0 Å². The molecule has 0 unspecified atom stereocenters. The Morgan fingerprint density at radius 2 is 1.23 bits per heavy atom. The second-order valence-corrected chi connectivity index (χ2v) is 11.2. The van der Waals surface area contributed by atoms with E-state index in [2.05, 4.69) is 120 Å². The molecule has 0 spiro atoms. The second kappa shape index (κ2) is 7.83. The lowest BCUT2D eigenvalue weighted by atomic mass is 10.0. The third-order valence-corrected chi connectivity index (χ3v) is 9.19.